The van der Waals surface area contributed by atoms with Crippen LogP contribution >= 0.6 is 0 Å². The van der Waals surface area contributed by atoms with E-state index in [4.69, 9.17) is 4.74 Å². The summed E-state index contributed by atoms with van der Waals surface area (Å²) in [6.45, 7) is 5.23. The fourth-order valence-electron chi connectivity index (χ4n) is 2.03. The van der Waals surface area contributed by atoms with E-state index in [1.54, 1.807) is 18.7 Å². The van der Waals surface area contributed by atoms with Crippen LogP contribution in [0.2, 0.25) is 0 Å². The first-order chi connectivity index (χ1) is 10.0. The summed E-state index contributed by atoms with van der Waals surface area (Å²) in [5.41, 5.74) is 0.302. The van der Waals surface area contributed by atoms with Crippen LogP contribution in [0.25, 0.3) is 11.0 Å². The molecular formula is C13H19N5O3. The van der Waals surface area contributed by atoms with E-state index in [2.05, 4.69) is 15.1 Å². The summed E-state index contributed by atoms with van der Waals surface area (Å²) in [4.78, 5) is 32.4. The molecule has 0 radical (unpaired) electrons. The first-order valence-corrected chi connectivity index (χ1v) is 6.84. The maximum absolute atomic E-state index is 11.9. The highest BCUT2D eigenvalue weighted by Crippen LogP contribution is 2.06. The first-order valence-electron chi connectivity index (χ1n) is 6.84. The summed E-state index contributed by atoms with van der Waals surface area (Å²) in [5, 5.41) is 4.47. The van der Waals surface area contributed by atoms with Crippen LogP contribution in [-0.2, 0) is 23.1 Å². The van der Waals surface area contributed by atoms with Crippen molar-refractivity contribution < 1.29 is 9.53 Å². The molecule has 0 spiro atoms. The van der Waals surface area contributed by atoms with Gasteiger partial charge in [0.05, 0.1) is 25.9 Å². The minimum atomic E-state index is -0.289. The van der Waals surface area contributed by atoms with Crippen LogP contribution < -0.4 is 5.56 Å². The molecule has 1 N–H and O–H groups in total. The van der Waals surface area contributed by atoms with Crippen LogP contribution in [0.15, 0.2) is 11.0 Å². The highest BCUT2D eigenvalue weighted by Gasteiger charge is 2.14. The molecule has 0 saturated heterocycles. The average Bonchev–Trinajstić information content (AvgIpc) is 2.80. The molecule has 0 amide bonds. The number of H-pyrrole nitrogens is 1. The number of fused-ring (bicyclic) bond motifs is 1. The predicted molar refractivity (Wildman–Crippen MR) is 76.7 cm³/mol. The van der Waals surface area contributed by atoms with E-state index in [-0.39, 0.29) is 18.1 Å². The number of nitrogens with zero attached hydrogens (tertiary/aromatic N) is 4. The molecule has 0 saturated carbocycles. The lowest BCUT2D eigenvalue weighted by molar-refractivity contribution is -0.144. The summed E-state index contributed by atoms with van der Waals surface area (Å²) in [5.74, 6) is 0.213. The SMILES string of the molecule is CCOC(=O)CN(CC)Cc1nc2c(cnn2C)c(=O)[nH]1. The fraction of sp³-hybridized carbons (Fsp3) is 0.538. The van der Waals surface area contributed by atoms with Gasteiger partial charge in [0.15, 0.2) is 5.65 Å². The molecule has 0 atom stereocenters. The van der Waals surface area contributed by atoms with Crippen LogP contribution in [-0.4, -0.2) is 50.3 Å². The number of rotatable bonds is 6. The van der Waals surface area contributed by atoms with Crippen molar-refractivity contribution in [3.05, 3.63) is 22.4 Å². The van der Waals surface area contributed by atoms with Crippen molar-refractivity contribution in [2.75, 3.05) is 19.7 Å². The third-order valence-electron chi connectivity index (χ3n) is 3.13. The normalized spacial score (nSPS) is 11.2. The molecule has 114 valence electrons. The summed E-state index contributed by atoms with van der Waals surface area (Å²) in [7, 11) is 1.73. The molecule has 0 aliphatic carbocycles. The molecule has 0 unspecified atom stereocenters. The van der Waals surface area contributed by atoms with Crippen LogP contribution in [0.1, 0.15) is 19.7 Å². The molecule has 2 rings (SSSR count). The van der Waals surface area contributed by atoms with Crippen molar-refractivity contribution in [1.82, 2.24) is 24.6 Å². The summed E-state index contributed by atoms with van der Waals surface area (Å²) < 4.78 is 6.48. The van der Waals surface area contributed by atoms with Gasteiger partial charge in [0.2, 0.25) is 0 Å². The quantitative estimate of drug-likeness (QED) is 0.756. The predicted octanol–water partition coefficient (Wildman–Crippen LogP) is 0.0416. The fourth-order valence-corrected chi connectivity index (χ4v) is 2.03. The van der Waals surface area contributed by atoms with Gasteiger partial charge in [-0.15, -0.1) is 0 Å². The van der Waals surface area contributed by atoms with Crippen molar-refractivity contribution >= 4 is 17.0 Å². The zero-order valence-corrected chi connectivity index (χ0v) is 12.4. The summed E-state index contributed by atoms with van der Waals surface area (Å²) >= 11 is 0. The van der Waals surface area contributed by atoms with Gasteiger partial charge in [0, 0.05) is 7.05 Å². The van der Waals surface area contributed by atoms with Crippen LogP contribution in [0.5, 0.6) is 0 Å². The number of esters is 1. The Morgan fingerprint density at radius 1 is 1.48 bits per heavy atom. The minimum Gasteiger partial charge on any atom is -0.465 e. The summed E-state index contributed by atoms with van der Waals surface area (Å²) in [6.07, 6.45) is 1.49. The van der Waals surface area contributed by atoms with E-state index in [1.807, 2.05) is 11.8 Å². The topological polar surface area (TPSA) is 93.1 Å². The number of nitrogens with one attached hydrogen (secondary N) is 1. The second kappa shape index (κ2) is 6.49. The lowest BCUT2D eigenvalue weighted by atomic mass is 10.4. The third kappa shape index (κ3) is 3.46. The lowest BCUT2D eigenvalue weighted by Crippen LogP contribution is -2.32. The molecule has 0 aliphatic heterocycles. The average molecular weight is 293 g/mol. The third-order valence-corrected chi connectivity index (χ3v) is 3.13. The Labute approximate surface area is 121 Å². The second-order valence-corrected chi connectivity index (χ2v) is 4.63. The molecule has 0 aliphatic rings. The number of aryl methyl sites for hydroxylation is 1. The van der Waals surface area contributed by atoms with E-state index in [1.165, 1.54) is 6.20 Å². The second-order valence-electron chi connectivity index (χ2n) is 4.63. The van der Waals surface area contributed by atoms with Gasteiger partial charge in [-0.2, -0.15) is 5.10 Å². The van der Waals surface area contributed by atoms with Gasteiger partial charge in [-0.25, -0.2) is 4.98 Å². The zero-order chi connectivity index (χ0) is 15.4. The number of likely N-dealkylation sites (N-methyl/N-ethyl adjacent to an activating group) is 1. The van der Waals surface area contributed by atoms with Gasteiger partial charge in [0.25, 0.3) is 5.56 Å². The number of hydrogen-bond acceptors (Lipinski definition) is 6. The van der Waals surface area contributed by atoms with Crippen molar-refractivity contribution in [3.8, 4) is 0 Å². The Hall–Kier alpha value is -2.22. The molecular weight excluding hydrogens is 274 g/mol. The van der Waals surface area contributed by atoms with Gasteiger partial charge < -0.3 is 9.72 Å². The molecule has 21 heavy (non-hydrogen) atoms. The number of hydrogen-bond donors (Lipinski definition) is 1. The van der Waals surface area contributed by atoms with Gasteiger partial charge in [0.1, 0.15) is 11.2 Å². The highest BCUT2D eigenvalue weighted by atomic mass is 16.5. The zero-order valence-electron chi connectivity index (χ0n) is 12.4. The Kier molecular flexibility index (Phi) is 4.69. The van der Waals surface area contributed by atoms with Gasteiger partial charge in [-0.3, -0.25) is 19.2 Å². The number of carbonyl (C=O) groups is 1. The Bertz CT molecular complexity index is 691. The van der Waals surface area contributed by atoms with Crippen LogP contribution in [0, 0.1) is 0 Å². The van der Waals surface area contributed by atoms with Crippen molar-refractivity contribution in [2.24, 2.45) is 7.05 Å². The van der Waals surface area contributed by atoms with Gasteiger partial charge >= 0.3 is 5.97 Å². The van der Waals surface area contributed by atoms with Crippen LogP contribution in [0.4, 0.5) is 0 Å². The van der Waals surface area contributed by atoms with Gasteiger partial charge in [-0.05, 0) is 13.5 Å². The maximum atomic E-state index is 11.9. The van der Waals surface area contributed by atoms with Crippen molar-refractivity contribution in [1.29, 1.82) is 0 Å². The molecule has 0 aromatic carbocycles. The Balaban J connectivity index is 2.19. The molecule has 2 aromatic rings. The Morgan fingerprint density at radius 2 is 2.24 bits per heavy atom. The number of aromatic nitrogens is 4. The molecule has 8 nitrogen and oxygen atoms in total. The summed E-state index contributed by atoms with van der Waals surface area (Å²) in [6, 6.07) is 0. The van der Waals surface area contributed by atoms with E-state index >= 15 is 0 Å². The number of carbonyl (C=O) groups excluding carboxylic acids is 1. The van der Waals surface area contributed by atoms with E-state index in [9.17, 15) is 9.59 Å². The number of ether oxygens (including phenoxy) is 1. The van der Waals surface area contributed by atoms with Crippen molar-refractivity contribution in [3.63, 3.8) is 0 Å². The van der Waals surface area contributed by atoms with E-state index in [0.717, 1.165) is 0 Å². The highest BCUT2D eigenvalue weighted by molar-refractivity contribution is 5.73. The standard InChI is InChI=1S/C13H19N5O3/c1-4-18(8-11(19)21-5-2)7-10-15-12-9(13(20)16-10)6-14-17(12)3/h6H,4-5,7-8H2,1-3H3,(H,15,16,20). The Morgan fingerprint density at radius 3 is 2.90 bits per heavy atom. The molecule has 8 heteroatoms. The maximum Gasteiger partial charge on any atom is 0.320 e. The first kappa shape index (κ1) is 15.2. The lowest BCUT2D eigenvalue weighted by Gasteiger charge is -2.18. The van der Waals surface area contributed by atoms with E-state index < -0.39 is 0 Å². The monoisotopic (exact) mass is 293 g/mol. The molecule has 2 heterocycles. The largest absolute Gasteiger partial charge is 0.465 e. The van der Waals surface area contributed by atoms with Crippen LogP contribution in [0.3, 0.4) is 0 Å². The van der Waals surface area contributed by atoms with E-state index in [0.29, 0.717) is 36.6 Å². The molecule has 0 fully saturated rings. The van der Waals surface area contributed by atoms with Gasteiger partial charge in [-0.1, -0.05) is 6.92 Å². The smallest absolute Gasteiger partial charge is 0.320 e. The molecule has 2 aromatic heterocycles. The number of aromatic amines is 1. The molecule has 0 bridgehead atoms. The van der Waals surface area contributed by atoms with Crippen molar-refractivity contribution in [2.45, 2.75) is 20.4 Å². The minimum absolute atomic E-state index is 0.164.